The predicted molar refractivity (Wildman–Crippen MR) is 78.2 cm³/mol. The zero-order valence-electron chi connectivity index (χ0n) is 11.6. The van der Waals surface area contributed by atoms with Crippen LogP contribution in [0.4, 0.5) is 0 Å². The van der Waals surface area contributed by atoms with E-state index in [0.29, 0.717) is 12.1 Å². The monoisotopic (exact) mass is 264 g/mol. The maximum Gasteiger partial charge on any atom is 0.252 e. The average molecular weight is 264 g/mol. The minimum absolute atomic E-state index is 0.0649. The van der Waals surface area contributed by atoms with Crippen molar-refractivity contribution in [2.45, 2.75) is 20.4 Å². The molecule has 0 aromatic heterocycles. The summed E-state index contributed by atoms with van der Waals surface area (Å²) in [5.41, 5.74) is 4.28. The molecule has 3 nitrogen and oxygen atoms in total. The number of carbonyl (C=O) groups is 1. The number of nitriles is 1. The second kappa shape index (κ2) is 6.03. The van der Waals surface area contributed by atoms with Crippen molar-refractivity contribution in [1.82, 2.24) is 5.32 Å². The fraction of sp³-hybridized carbons (Fsp3) is 0.176. The molecule has 0 fully saturated rings. The van der Waals surface area contributed by atoms with Crippen LogP contribution in [-0.4, -0.2) is 5.91 Å². The zero-order chi connectivity index (χ0) is 14.5. The molecule has 0 saturated carbocycles. The van der Waals surface area contributed by atoms with Crippen LogP contribution < -0.4 is 5.32 Å². The minimum atomic E-state index is -0.0649. The minimum Gasteiger partial charge on any atom is -0.348 e. The van der Waals surface area contributed by atoms with Gasteiger partial charge in [0.15, 0.2) is 0 Å². The Balaban J connectivity index is 2.07. The average Bonchev–Trinajstić information content (AvgIpc) is 2.45. The van der Waals surface area contributed by atoms with Crippen LogP contribution in [0.25, 0.3) is 0 Å². The first-order valence-electron chi connectivity index (χ1n) is 6.45. The molecule has 20 heavy (non-hydrogen) atoms. The van der Waals surface area contributed by atoms with Crippen molar-refractivity contribution in [2.75, 3.05) is 0 Å². The fourth-order valence-electron chi connectivity index (χ4n) is 2.14. The Morgan fingerprint density at radius 2 is 1.70 bits per heavy atom. The Bertz CT molecular complexity index is 646. The van der Waals surface area contributed by atoms with E-state index in [0.717, 1.165) is 22.3 Å². The first kappa shape index (κ1) is 13.8. The molecule has 1 N–H and O–H groups in total. The number of benzene rings is 2. The van der Waals surface area contributed by atoms with Gasteiger partial charge in [-0.1, -0.05) is 30.3 Å². The number of hydrogen-bond donors (Lipinski definition) is 1. The summed E-state index contributed by atoms with van der Waals surface area (Å²) in [4.78, 5) is 12.2. The molecule has 1 amide bonds. The topological polar surface area (TPSA) is 52.9 Å². The van der Waals surface area contributed by atoms with Gasteiger partial charge in [0.2, 0.25) is 0 Å². The maximum absolute atomic E-state index is 12.2. The molecular weight excluding hydrogens is 248 g/mol. The van der Waals surface area contributed by atoms with E-state index in [-0.39, 0.29) is 5.91 Å². The molecular formula is C17H16N2O. The first-order valence-corrected chi connectivity index (χ1v) is 6.45. The van der Waals surface area contributed by atoms with Gasteiger partial charge in [0.05, 0.1) is 11.6 Å². The van der Waals surface area contributed by atoms with Crippen LogP contribution in [0.15, 0.2) is 42.5 Å². The normalized spacial score (nSPS) is 9.85. The molecule has 0 aliphatic rings. The number of rotatable bonds is 3. The Kier molecular flexibility index (Phi) is 4.17. The highest BCUT2D eigenvalue weighted by Crippen LogP contribution is 2.13. The van der Waals surface area contributed by atoms with Gasteiger partial charge < -0.3 is 5.32 Å². The third kappa shape index (κ3) is 3.04. The summed E-state index contributed by atoms with van der Waals surface area (Å²) in [6.07, 6.45) is 0. The van der Waals surface area contributed by atoms with Gasteiger partial charge in [-0.15, -0.1) is 0 Å². The Labute approximate surface area is 118 Å². The SMILES string of the molecule is Cc1cccc(C)c1C(=O)NCc1ccc(C#N)cc1. The lowest BCUT2D eigenvalue weighted by molar-refractivity contribution is 0.0949. The molecule has 0 spiro atoms. The smallest absolute Gasteiger partial charge is 0.252 e. The van der Waals surface area contributed by atoms with Crippen molar-refractivity contribution >= 4 is 5.91 Å². The lowest BCUT2D eigenvalue weighted by Crippen LogP contribution is -2.24. The van der Waals surface area contributed by atoms with Gasteiger partial charge in [0.25, 0.3) is 5.91 Å². The molecule has 0 heterocycles. The molecule has 0 saturated heterocycles. The van der Waals surface area contributed by atoms with Crippen molar-refractivity contribution in [1.29, 1.82) is 5.26 Å². The zero-order valence-corrected chi connectivity index (χ0v) is 11.6. The lowest BCUT2D eigenvalue weighted by atomic mass is 10.0. The number of aryl methyl sites for hydroxylation is 2. The number of amides is 1. The highest BCUT2D eigenvalue weighted by Gasteiger charge is 2.11. The van der Waals surface area contributed by atoms with Gasteiger partial charge in [-0.05, 0) is 42.7 Å². The van der Waals surface area contributed by atoms with E-state index in [2.05, 4.69) is 11.4 Å². The fourth-order valence-corrected chi connectivity index (χ4v) is 2.14. The quantitative estimate of drug-likeness (QED) is 0.926. The third-order valence-electron chi connectivity index (χ3n) is 3.24. The Hall–Kier alpha value is -2.60. The molecule has 0 atom stereocenters. The molecule has 2 aromatic rings. The Morgan fingerprint density at radius 3 is 2.25 bits per heavy atom. The van der Waals surface area contributed by atoms with Gasteiger partial charge in [-0.3, -0.25) is 4.79 Å². The summed E-state index contributed by atoms with van der Waals surface area (Å²) in [6.45, 7) is 4.32. The van der Waals surface area contributed by atoms with E-state index < -0.39 is 0 Å². The molecule has 0 bridgehead atoms. The lowest BCUT2D eigenvalue weighted by Gasteiger charge is -2.10. The van der Waals surface area contributed by atoms with Crippen LogP contribution in [0.5, 0.6) is 0 Å². The maximum atomic E-state index is 12.2. The second-order valence-corrected chi connectivity index (χ2v) is 4.76. The standard InChI is InChI=1S/C17H16N2O/c1-12-4-3-5-13(2)16(12)17(20)19-11-15-8-6-14(10-18)7-9-15/h3-9H,11H2,1-2H3,(H,19,20). The molecule has 0 unspecified atom stereocenters. The van der Waals surface area contributed by atoms with Crippen molar-refractivity contribution in [2.24, 2.45) is 0 Å². The number of nitrogens with one attached hydrogen (secondary N) is 1. The molecule has 0 aliphatic heterocycles. The van der Waals surface area contributed by atoms with Crippen LogP contribution in [0.3, 0.4) is 0 Å². The van der Waals surface area contributed by atoms with Crippen molar-refractivity contribution in [3.05, 3.63) is 70.3 Å². The number of hydrogen-bond acceptors (Lipinski definition) is 2. The van der Waals surface area contributed by atoms with Crippen LogP contribution in [0.2, 0.25) is 0 Å². The predicted octanol–water partition coefficient (Wildman–Crippen LogP) is 3.11. The highest BCUT2D eigenvalue weighted by molar-refractivity contribution is 5.96. The van der Waals surface area contributed by atoms with E-state index >= 15 is 0 Å². The van der Waals surface area contributed by atoms with Gasteiger partial charge in [0, 0.05) is 12.1 Å². The van der Waals surface area contributed by atoms with Crippen molar-refractivity contribution in [3.8, 4) is 6.07 Å². The van der Waals surface area contributed by atoms with Gasteiger partial charge in [-0.25, -0.2) is 0 Å². The summed E-state index contributed by atoms with van der Waals surface area (Å²) < 4.78 is 0. The van der Waals surface area contributed by atoms with E-state index in [1.165, 1.54) is 0 Å². The Morgan fingerprint density at radius 1 is 1.10 bits per heavy atom. The van der Waals surface area contributed by atoms with E-state index in [9.17, 15) is 4.79 Å². The van der Waals surface area contributed by atoms with Crippen LogP contribution in [-0.2, 0) is 6.54 Å². The van der Waals surface area contributed by atoms with E-state index in [4.69, 9.17) is 5.26 Å². The second-order valence-electron chi connectivity index (χ2n) is 4.76. The van der Waals surface area contributed by atoms with Crippen LogP contribution >= 0.6 is 0 Å². The highest BCUT2D eigenvalue weighted by atomic mass is 16.1. The summed E-state index contributed by atoms with van der Waals surface area (Å²) in [7, 11) is 0. The van der Waals surface area contributed by atoms with Crippen molar-refractivity contribution in [3.63, 3.8) is 0 Å². The molecule has 100 valence electrons. The van der Waals surface area contributed by atoms with Crippen LogP contribution in [0, 0.1) is 25.2 Å². The number of carbonyl (C=O) groups excluding carboxylic acids is 1. The summed E-state index contributed by atoms with van der Waals surface area (Å²) in [5, 5.41) is 11.6. The molecule has 0 aliphatic carbocycles. The summed E-state index contributed by atoms with van der Waals surface area (Å²) in [6, 6.07) is 15.1. The summed E-state index contributed by atoms with van der Waals surface area (Å²) >= 11 is 0. The molecule has 0 radical (unpaired) electrons. The van der Waals surface area contributed by atoms with Gasteiger partial charge >= 0.3 is 0 Å². The first-order chi connectivity index (χ1) is 9.61. The number of nitrogens with zero attached hydrogens (tertiary/aromatic N) is 1. The summed E-state index contributed by atoms with van der Waals surface area (Å²) in [5.74, 6) is -0.0649. The van der Waals surface area contributed by atoms with Gasteiger partial charge in [0.1, 0.15) is 0 Å². The van der Waals surface area contributed by atoms with Gasteiger partial charge in [-0.2, -0.15) is 5.26 Å². The van der Waals surface area contributed by atoms with E-state index in [1.54, 1.807) is 12.1 Å². The third-order valence-corrected chi connectivity index (χ3v) is 3.24. The van der Waals surface area contributed by atoms with E-state index in [1.807, 2.05) is 44.2 Å². The van der Waals surface area contributed by atoms with Crippen molar-refractivity contribution < 1.29 is 4.79 Å². The molecule has 3 heteroatoms. The molecule has 2 rings (SSSR count). The van der Waals surface area contributed by atoms with Crippen LogP contribution in [0.1, 0.15) is 32.6 Å². The molecule has 2 aromatic carbocycles. The largest absolute Gasteiger partial charge is 0.348 e.